The number of ether oxygens (including phenoxy) is 1. The van der Waals surface area contributed by atoms with E-state index >= 15 is 0 Å². The van der Waals surface area contributed by atoms with E-state index in [1.165, 1.54) is 11.1 Å². The second-order valence-electron chi connectivity index (χ2n) is 5.62. The first-order valence-corrected chi connectivity index (χ1v) is 7.56. The Hall–Kier alpha value is -2.55. The van der Waals surface area contributed by atoms with E-state index in [9.17, 15) is 4.79 Å². The third kappa shape index (κ3) is 1.65. The summed E-state index contributed by atoms with van der Waals surface area (Å²) in [6, 6.07) is 14.1. The Morgan fingerprint density at radius 3 is 2.77 bits per heavy atom. The zero-order chi connectivity index (χ0) is 15.3. The molecule has 2 aromatic carbocycles. The normalized spacial score (nSPS) is 12.3. The fourth-order valence-corrected chi connectivity index (χ4v) is 3.51. The summed E-state index contributed by atoms with van der Waals surface area (Å²) in [5, 5.41) is 0.743. The number of aryl methyl sites for hydroxylation is 1. The molecule has 0 bridgehead atoms. The van der Waals surface area contributed by atoms with E-state index < -0.39 is 0 Å². The van der Waals surface area contributed by atoms with Crippen molar-refractivity contribution in [2.24, 2.45) is 0 Å². The van der Waals surface area contributed by atoms with E-state index in [0.717, 1.165) is 40.9 Å². The average Bonchev–Trinajstić information content (AvgIpc) is 2.95. The zero-order valence-corrected chi connectivity index (χ0v) is 12.7. The van der Waals surface area contributed by atoms with E-state index in [-0.39, 0.29) is 5.43 Å². The maximum atomic E-state index is 13.0. The van der Waals surface area contributed by atoms with Crippen LogP contribution in [0.4, 0.5) is 0 Å². The van der Waals surface area contributed by atoms with Gasteiger partial charge in [-0.15, -0.1) is 0 Å². The minimum atomic E-state index is 0.129. The number of hydrogen-bond acceptors (Lipinski definition) is 2. The SMILES string of the molecule is CCn1c2c(c(=O)c3cc(OC)ccc31)Cc1ccccc1-2. The lowest BCUT2D eigenvalue weighted by Crippen LogP contribution is -2.15. The third-order valence-electron chi connectivity index (χ3n) is 4.52. The number of methoxy groups -OCH3 is 1. The van der Waals surface area contributed by atoms with Crippen LogP contribution in [0.15, 0.2) is 47.3 Å². The fraction of sp³-hybridized carbons (Fsp3) is 0.211. The van der Waals surface area contributed by atoms with E-state index in [1.807, 2.05) is 30.3 Å². The van der Waals surface area contributed by atoms with Crippen molar-refractivity contribution < 1.29 is 4.74 Å². The largest absolute Gasteiger partial charge is 0.497 e. The molecular weight excluding hydrogens is 274 g/mol. The van der Waals surface area contributed by atoms with Crippen LogP contribution in [-0.4, -0.2) is 11.7 Å². The van der Waals surface area contributed by atoms with Crippen molar-refractivity contribution in [3.8, 4) is 17.0 Å². The van der Waals surface area contributed by atoms with E-state index in [2.05, 4.69) is 23.6 Å². The summed E-state index contributed by atoms with van der Waals surface area (Å²) in [5.74, 6) is 0.725. The topological polar surface area (TPSA) is 31.2 Å². The van der Waals surface area contributed by atoms with Crippen LogP contribution in [0.1, 0.15) is 18.1 Å². The second-order valence-corrected chi connectivity index (χ2v) is 5.62. The molecule has 0 atom stereocenters. The second kappa shape index (κ2) is 4.73. The molecule has 0 saturated heterocycles. The van der Waals surface area contributed by atoms with Crippen LogP contribution >= 0.6 is 0 Å². The lowest BCUT2D eigenvalue weighted by molar-refractivity contribution is 0.415. The van der Waals surface area contributed by atoms with Gasteiger partial charge in [-0.3, -0.25) is 4.79 Å². The quantitative estimate of drug-likeness (QED) is 0.565. The van der Waals surface area contributed by atoms with Crippen LogP contribution in [-0.2, 0) is 13.0 Å². The number of fused-ring (bicyclic) bond motifs is 4. The first-order chi connectivity index (χ1) is 10.7. The molecule has 110 valence electrons. The Bertz CT molecular complexity index is 954. The fourth-order valence-electron chi connectivity index (χ4n) is 3.51. The summed E-state index contributed by atoms with van der Waals surface area (Å²) < 4.78 is 7.53. The zero-order valence-electron chi connectivity index (χ0n) is 12.7. The molecule has 0 radical (unpaired) electrons. The number of pyridine rings is 1. The molecule has 1 aromatic heterocycles. The maximum absolute atomic E-state index is 13.0. The highest BCUT2D eigenvalue weighted by molar-refractivity contribution is 5.88. The molecule has 0 N–H and O–H groups in total. The monoisotopic (exact) mass is 291 g/mol. The van der Waals surface area contributed by atoms with Gasteiger partial charge < -0.3 is 9.30 Å². The first-order valence-electron chi connectivity index (χ1n) is 7.56. The smallest absolute Gasteiger partial charge is 0.193 e. The van der Waals surface area contributed by atoms with Crippen LogP contribution in [0.5, 0.6) is 5.75 Å². The minimum Gasteiger partial charge on any atom is -0.497 e. The summed E-state index contributed by atoms with van der Waals surface area (Å²) in [7, 11) is 1.63. The predicted molar refractivity (Wildman–Crippen MR) is 88.7 cm³/mol. The maximum Gasteiger partial charge on any atom is 0.193 e. The molecule has 3 nitrogen and oxygen atoms in total. The van der Waals surface area contributed by atoms with Crippen molar-refractivity contribution in [2.75, 3.05) is 7.11 Å². The van der Waals surface area contributed by atoms with Crippen molar-refractivity contribution in [2.45, 2.75) is 19.9 Å². The van der Waals surface area contributed by atoms with Gasteiger partial charge in [0.1, 0.15) is 5.75 Å². The summed E-state index contributed by atoms with van der Waals surface area (Å²) in [6.45, 7) is 2.95. The van der Waals surface area contributed by atoms with Gasteiger partial charge >= 0.3 is 0 Å². The molecule has 1 aliphatic carbocycles. The van der Waals surface area contributed by atoms with E-state index in [1.54, 1.807) is 7.11 Å². The molecule has 0 unspecified atom stereocenters. The highest BCUT2D eigenvalue weighted by atomic mass is 16.5. The number of nitrogens with zero attached hydrogens (tertiary/aromatic N) is 1. The summed E-state index contributed by atoms with van der Waals surface area (Å²) in [5.41, 5.74) is 5.52. The number of hydrogen-bond donors (Lipinski definition) is 0. The highest BCUT2D eigenvalue weighted by Crippen LogP contribution is 2.37. The van der Waals surface area contributed by atoms with Crippen molar-refractivity contribution in [1.29, 1.82) is 0 Å². The number of benzene rings is 2. The van der Waals surface area contributed by atoms with Crippen LogP contribution in [0.25, 0.3) is 22.2 Å². The van der Waals surface area contributed by atoms with Crippen molar-refractivity contribution >= 4 is 10.9 Å². The summed E-state index contributed by atoms with van der Waals surface area (Å²) in [4.78, 5) is 13.0. The van der Waals surface area contributed by atoms with Crippen LogP contribution in [0.3, 0.4) is 0 Å². The molecule has 3 heteroatoms. The Morgan fingerprint density at radius 2 is 2.00 bits per heavy atom. The predicted octanol–water partition coefficient (Wildman–Crippen LogP) is 3.60. The van der Waals surface area contributed by atoms with Crippen LogP contribution in [0.2, 0.25) is 0 Å². The molecule has 0 spiro atoms. The summed E-state index contributed by atoms with van der Waals surface area (Å²) in [6.07, 6.45) is 0.720. The highest BCUT2D eigenvalue weighted by Gasteiger charge is 2.25. The molecule has 1 aliphatic rings. The van der Waals surface area contributed by atoms with Crippen molar-refractivity contribution in [1.82, 2.24) is 4.57 Å². The Balaban J connectivity index is 2.16. The van der Waals surface area contributed by atoms with Gasteiger partial charge in [-0.25, -0.2) is 0 Å². The van der Waals surface area contributed by atoms with Gasteiger partial charge in [0.25, 0.3) is 0 Å². The van der Waals surface area contributed by atoms with Gasteiger partial charge in [0.05, 0.1) is 18.3 Å². The molecule has 22 heavy (non-hydrogen) atoms. The molecule has 4 rings (SSSR count). The average molecular weight is 291 g/mol. The molecule has 0 saturated carbocycles. The van der Waals surface area contributed by atoms with Crippen LogP contribution < -0.4 is 10.2 Å². The molecule has 3 aromatic rings. The number of rotatable bonds is 2. The van der Waals surface area contributed by atoms with Crippen molar-refractivity contribution in [3.63, 3.8) is 0 Å². The van der Waals surface area contributed by atoms with Gasteiger partial charge in [0.2, 0.25) is 0 Å². The Labute approximate surface area is 128 Å². The Kier molecular flexibility index (Phi) is 2.83. The van der Waals surface area contributed by atoms with Gasteiger partial charge in [-0.2, -0.15) is 0 Å². The van der Waals surface area contributed by atoms with Gasteiger partial charge in [0.15, 0.2) is 5.43 Å². The number of aromatic nitrogens is 1. The summed E-state index contributed by atoms with van der Waals surface area (Å²) >= 11 is 0. The van der Waals surface area contributed by atoms with Gasteiger partial charge in [0, 0.05) is 29.5 Å². The molecule has 0 aliphatic heterocycles. The van der Waals surface area contributed by atoms with Crippen molar-refractivity contribution in [3.05, 3.63) is 63.8 Å². The van der Waals surface area contributed by atoms with Gasteiger partial charge in [-0.1, -0.05) is 24.3 Å². The third-order valence-corrected chi connectivity index (χ3v) is 4.52. The van der Waals surface area contributed by atoms with E-state index in [0.29, 0.717) is 0 Å². The van der Waals surface area contributed by atoms with E-state index in [4.69, 9.17) is 4.74 Å². The first kappa shape index (κ1) is 13.1. The van der Waals surface area contributed by atoms with Crippen LogP contribution in [0, 0.1) is 0 Å². The lowest BCUT2D eigenvalue weighted by Gasteiger charge is -2.16. The lowest BCUT2D eigenvalue weighted by atomic mass is 10.1. The van der Waals surface area contributed by atoms with Gasteiger partial charge in [-0.05, 0) is 30.7 Å². The molecular formula is C19H17NO2. The molecule has 0 amide bonds. The molecule has 1 heterocycles. The minimum absolute atomic E-state index is 0.129. The standard InChI is InChI=1S/C19H17NO2/c1-3-20-17-9-8-13(22-2)11-15(17)19(21)16-10-12-6-4-5-7-14(12)18(16)20/h4-9,11H,3,10H2,1-2H3. The molecule has 0 fully saturated rings. The Morgan fingerprint density at radius 1 is 1.18 bits per heavy atom.